The second kappa shape index (κ2) is 6.36. The zero-order valence-electron chi connectivity index (χ0n) is 12.2. The minimum absolute atomic E-state index is 0.211. The highest BCUT2D eigenvalue weighted by Crippen LogP contribution is 2.32. The van der Waals surface area contributed by atoms with Crippen molar-refractivity contribution in [3.05, 3.63) is 35.9 Å². The maximum absolute atomic E-state index is 12.4. The summed E-state index contributed by atoms with van der Waals surface area (Å²) in [5, 5.41) is 9.19. The van der Waals surface area contributed by atoms with E-state index in [1.165, 1.54) is 0 Å². The lowest BCUT2D eigenvalue weighted by Crippen LogP contribution is -2.59. The number of carboxylic acid groups (broad SMARTS) is 1. The summed E-state index contributed by atoms with van der Waals surface area (Å²) in [5.74, 6) is -1.20. The quantitative estimate of drug-likeness (QED) is 0.923. The standard InChI is InChI=1S/C16H19NO5/c18-15(19)12-6-13-9-21-10-14(7-12)17(13)16(20)22-8-11-4-2-1-3-5-11/h1-5,12-14H,6-10H2,(H,18,19). The number of piperidine rings is 1. The molecule has 2 saturated heterocycles. The average Bonchev–Trinajstić information content (AvgIpc) is 2.52. The molecule has 2 bridgehead atoms. The Bertz CT molecular complexity index is 533. The molecule has 2 unspecified atom stereocenters. The van der Waals surface area contributed by atoms with Crippen molar-refractivity contribution in [3.63, 3.8) is 0 Å². The van der Waals surface area contributed by atoms with E-state index in [2.05, 4.69) is 0 Å². The van der Waals surface area contributed by atoms with Crippen molar-refractivity contribution in [2.24, 2.45) is 5.92 Å². The van der Waals surface area contributed by atoms with Crippen molar-refractivity contribution in [1.29, 1.82) is 0 Å². The molecule has 0 aliphatic carbocycles. The van der Waals surface area contributed by atoms with Gasteiger partial charge >= 0.3 is 12.1 Å². The Kier molecular flexibility index (Phi) is 4.29. The van der Waals surface area contributed by atoms with Crippen molar-refractivity contribution in [2.75, 3.05) is 13.2 Å². The van der Waals surface area contributed by atoms with E-state index >= 15 is 0 Å². The number of carbonyl (C=O) groups is 2. The lowest BCUT2D eigenvalue weighted by atomic mass is 9.85. The topological polar surface area (TPSA) is 76.1 Å². The van der Waals surface area contributed by atoms with Gasteiger partial charge in [0.2, 0.25) is 0 Å². The fraction of sp³-hybridized carbons (Fsp3) is 0.500. The molecule has 2 heterocycles. The molecule has 1 amide bonds. The molecule has 0 saturated carbocycles. The SMILES string of the molecule is O=C(O)C1CC2COCC(C1)N2C(=O)OCc1ccccc1. The summed E-state index contributed by atoms with van der Waals surface area (Å²) >= 11 is 0. The number of amides is 1. The molecule has 2 aliphatic rings. The first-order valence-corrected chi connectivity index (χ1v) is 7.44. The van der Waals surface area contributed by atoms with Gasteiger partial charge in [-0.25, -0.2) is 4.79 Å². The molecule has 0 radical (unpaired) electrons. The van der Waals surface area contributed by atoms with Crippen LogP contribution in [0.5, 0.6) is 0 Å². The monoisotopic (exact) mass is 305 g/mol. The third-order valence-corrected chi connectivity index (χ3v) is 4.29. The zero-order valence-corrected chi connectivity index (χ0v) is 12.2. The molecule has 22 heavy (non-hydrogen) atoms. The highest BCUT2D eigenvalue weighted by atomic mass is 16.6. The predicted molar refractivity (Wildman–Crippen MR) is 77.2 cm³/mol. The van der Waals surface area contributed by atoms with Gasteiger partial charge in [0, 0.05) is 0 Å². The molecule has 6 nitrogen and oxygen atoms in total. The third kappa shape index (κ3) is 3.06. The van der Waals surface area contributed by atoms with Crippen molar-refractivity contribution >= 4 is 12.1 Å². The Morgan fingerprint density at radius 3 is 2.41 bits per heavy atom. The first-order chi connectivity index (χ1) is 10.6. The van der Waals surface area contributed by atoms with E-state index < -0.39 is 11.9 Å². The Morgan fingerprint density at radius 2 is 1.82 bits per heavy atom. The molecule has 2 aliphatic heterocycles. The predicted octanol–water partition coefficient (Wildman–Crippen LogP) is 1.89. The molecule has 1 aromatic rings. The van der Waals surface area contributed by atoms with Crippen LogP contribution in [0.4, 0.5) is 4.79 Å². The number of carboxylic acids is 1. The Labute approximate surface area is 128 Å². The van der Waals surface area contributed by atoms with Crippen LogP contribution in [-0.2, 0) is 20.9 Å². The molecular weight excluding hydrogens is 286 g/mol. The maximum atomic E-state index is 12.4. The smallest absolute Gasteiger partial charge is 0.410 e. The molecule has 2 atom stereocenters. The number of hydrogen-bond donors (Lipinski definition) is 1. The van der Waals surface area contributed by atoms with E-state index in [4.69, 9.17) is 9.47 Å². The summed E-state index contributed by atoms with van der Waals surface area (Å²) in [6.45, 7) is 0.972. The number of benzene rings is 1. The van der Waals surface area contributed by atoms with E-state index in [1.807, 2.05) is 30.3 Å². The summed E-state index contributed by atoms with van der Waals surface area (Å²) in [7, 11) is 0. The lowest BCUT2D eigenvalue weighted by molar-refractivity contribution is -0.149. The van der Waals surface area contributed by atoms with Crippen LogP contribution >= 0.6 is 0 Å². The lowest BCUT2D eigenvalue weighted by Gasteiger charge is -2.46. The van der Waals surface area contributed by atoms with Crippen molar-refractivity contribution in [2.45, 2.75) is 31.5 Å². The highest BCUT2D eigenvalue weighted by molar-refractivity contribution is 5.72. The minimum Gasteiger partial charge on any atom is -0.481 e. The second-order valence-electron chi connectivity index (χ2n) is 5.80. The number of rotatable bonds is 3. The first-order valence-electron chi connectivity index (χ1n) is 7.44. The van der Waals surface area contributed by atoms with E-state index in [9.17, 15) is 14.7 Å². The number of ether oxygens (including phenoxy) is 2. The number of carbonyl (C=O) groups excluding carboxylic acids is 1. The molecule has 6 heteroatoms. The molecule has 1 N–H and O–H groups in total. The van der Waals surface area contributed by atoms with Gasteiger partial charge in [-0.3, -0.25) is 9.69 Å². The van der Waals surface area contributed by atoms with Gasteiger partial charge in [-0.15, -0.1) is 0 Å². The van der Waals surface area contributed by atoms with E-state index in [-0.39, 0.29) is 24.8 Å². The van der Waals surface area contributed by atoms with Crippen LogP contribution in [0.3, 0.4) is 0 Å². The van der Waals surface area contributed by atoms with Gasteiger partial charge in [-0.05, 0) is 18.4 Å². The summed E-state index contributed by atoms with van der Waals surface area (Å²) in [6, 6.07) is 9.06. The van der Waals surface area contributed by atoms with Crippen LogP contribution in [0.1, 0.15) is 18.4 Å². The van der Waals surface area contributed by atoms with Crippen LogP contribution in [0.25, 0.3) is 0 Å². The highest BCUT2D eigenvalue weighted by Gasteiger charge is 2.44. The largest absolute Gasteiger partial charge is 0.481 e. The van der Waals surface area contributed by atoms with Crippen molar-refractivity contribution in [3.8, 4) is 0 Å². The van der Waals surface area contributed by atoms with Gasteiger partial charge < -0.3 is 14.6 Å². The Morgan fingerprint density at radius 1 is 1.18 bits per heavy atom. The van der Waals surface area contributed by atoms with Gasteiger partial charge in [-0.1, -0.05) is 30.3 Å². The van der Waals surface area contributed by atoms with E-state index in [0.717, 1.165) is 5.56 Å². The van der Waals surface area contributed by atoms with E-state index in [1.54, 1.807) is 4.90 Å². The number of fused-ring (bicyclic) bond motifs is 2. The zero-order chi connectivity index (χ0) is 15.5. The first kappa shape index (κ1) is 14.8. The molecule has 3 rings (SSSR count). The van der Waals surface area contributed by atoms with Gasteiger partial charge in [0.05, 0.1) is 31.2 Å². The van der Waals surface area contributed by atoms with Crippen molar-refractivity contribution in [1.82, 2.24) is 4.90 Å². The fourth-order valence-corrected chi connectivity index (χ4v) is 3.21. The van der Waals surface area contributed by atoms with Crippen molar-refractivity contribution < 1.29 is 24.2 Å². The molecule has 1 aromatic carbocycles. The molecule has 0 aromatic heterocycles. The Hall–Kier alpha value is -2.08. The van der Waals surface area contributed by atoms with E-state index in [0.29, 0.717) is 26.1 Å². The van der Waals surface area contributed by atoms with Crippen LogP contribution in [0.2, 0.25) is 0 Å². The second-order valence-corrected chi connectivity index (χ2v) is 5.80. The third-order valence-electron chi connectivity index (χ3n) is 4.29. The van der Waals surface area contributed by atoms with Crippen LogP contribution in [-0.4, -0.2) is 47.4 Å². The summed E-state index contributed by atoms with van der Waals surface area (Å²) < 4.78 is 10.8. The summed E-state index contributed by atoms with van der Waals surface area (Å²) in [4.78, 5) is 25.2. The molecular formula is C16H19NO5. The van der Waals surface area contributed by atoms with Crippen LogP contribution in [0, 0.1) is 5.92 Å². The van der Waals surface area contributed by atoms with Crippen LogP contribution in [0.15, 0.2) is 30.3 Å². The Balaban J connectivity index is 1.63. The number of hydrogen-bond acceptors (Lipinski definition) is 4. The normalized spacial score (nSPS) is 27.3. The summed E-state index contributed by atoms with van der Waals surface area (Å²) in [6.07, 6.45) is 0.462. The summed E-state index contributed by atoms with van der Waals surface area (Å²) in [5.41, 5.74) is 0.928. The number of aliphatic carboxylic acids is 1. The van der Waals surface area contributed by atoms with Gasteiger partial charge in [0.1, 0.15) is 6.61 Å². The number of morpholine rings is 1. The van der Waals surface area contributed by atoms with Crippen LogP contribution < -0.4 is 0 Å². The maximum Gasteiger partial charge on any atom is 0.410 e. The van der Waals surface area contributed by atoms with Gasteiger partial charge in [0.15, 0.2) is 0 Å². The molecule has 0 spiro atoms. The molecule has 2 fully saturated rings. The fourth-order valence-electron chi connectivity index (χ4n) is 3.21. The average molecular weight is 305 g/mol. The minimum atomic E-state index is -0.797. The number of nitrogens with zero attached hydrogens (tertiary/aromatic N) is 1. The molecule has 118 valence electrons. The van der Waals surface area contributed by atoms with Gasteiger partial charge in [0.25, 0.3) is 0 Å². The van der Waals surface area contributed by atoms with Gasteiger partial charge in [-0.2, -0.15) is 0 Å².